The van der Waals surface area contributed by atoms with E-state index >= 15 is 0 Å². The van der Waals surface area contributed by atoms with E-state index < -0.39 is 12.6 Å². The summed E-state index contributed by atoms with van der Waals surface area (Å²) < 4.78 is 37.1. The lowest BCUT2D eigenvalue weighted by Crippen LogP contribution is -2.12. The molecule has 0 amide bonds. The molecule has 0 aliphatic rings. The Labute approximate surface area is 86.8 Å². The van der Waals surface area contributed by atoms with Crippen LogP contribution in [0.15, 0.2) is 24.4 Å². The summed E-state index contributed by atoms with van der Waals surface area (Å²) in [6.45, 7) is 5.33. The minimum atomic E-state index is -4.07. The Balaban J connectivity index is 3.80. The van der Waals surface area contributed by atoms with Crippen LogP contribution < -0.4 is 0 Å². The van der Waals surface area contributed by atoms with Crippen LogP contribution in [0.4, 0.5) is 13.2 Å². The monoisotopic (exact) mass is 225 g/mol. The first-order valence-electron chi connectivity index (χ1n) is 4.09. The number of halogens is 3. The molecule has 0 N–H and O–H groups in total. The van der Waals surface area contributed by atoms with Gasteiger partial charge in [-0.05, 0) is 13.0 Å². The van der Waals surface area contributed by atoms with Gasteiger partial charge in [-0.1, -0.05) is 24.6 Å². The van der Waals surface area contributed by atoms with Crippen LogP contribution in [0.1, 0.15) is 13.3 Å². The third-order valence-electron chi connectivity index (χ3n) is 1.53. The number of alkyl halides is 3. The van der Waals surface area contributed by atoms with Crippen molar-refractivity contribution in [2.75, 3.05) is 12.8 Å². The van der Waals surface area contributed by atoms with E-state index in [1.165, 1.54) is 0 Å². The van der Waals surface area contributed by atoms with E-state index in [9.17, 15) is 13.2 Å². The lowest BCUT2D eigenvalue weighted by atomic mass is 10.4. The lowest BCUT2D eigenvalue weighted by molar-refractivity contribution is -0.129. The number of hydrogen-bond donors (Lipinski definition) is 0. The molecule has 82 valence electrons. The molecule has 0 bridgehead atoms. The summed E-state index contributed by atoms with van der Waals surface area (Å²) in [5.74, 6) is 0.0440. The van der Waals surface area contributed by atoms with E-state index in [-0.39, 0.29) is 5.75 Å². The SMILES string of the molecule is C=C/C=C(/C)N(C)SCCC(F)(F)F. The summed E-state index contributed by atoms with van der Waals surface area (Å²) in [6, 6.07) is 0. The summed E-state index contributed by atoms with van der Waals surface area (Å²) >= 11 is 1.15. The van der Waals surface area contributed by atoms with Crippen molar-refractivity contribution in [1.29, 1.82) is 0 Å². The Kier molecular flexibility index (Phi) is 5.76. The van der Waals surface area contributed by atoms with Crippen LogP contribution in [0.5, 0.6) is 0 Å². The molecule has 0 atom stereocenters. The van der Waals surface area contributed by atoms with Gasteiger partial charge in [-0.15, -0.1) is 0 Å². The number of allylic oxidation sites excluding steroid dienone is 3. The van der Waals surface area contributed by atoms with E-state index in [0.717, 1.165) is 17.6 Å². The molecule has 0 radical (unpaired) electrons. The van der Waals surface area contributed by atoms with E-state index in [1.54, 1.807) is 23.5 Å². The third kappa shape index (κ3) is 6.88. The second-order valence-electron chi connectivity index (χ2n) is 2.74. The van der Waals surface area contributed by atoms with Crippen LogP contribution in [0.3, 0.4) is 0 Å². The second kappa shape index (κ2) is 6.01. The van der Waals surface area contributed by atoms with Gasteiger partial charge in [0.25, 0.3) is 0 Å². The highest BCUT2D eigenvalue weighted by molar-refractivity contribution is 7.97. The lowest BCUT2D eigenvalue weighted by Gasteiger charge is -2.18. The van der Waals surface area contributed by atoms with Crippen molar-refractivity contribution in [1.82, 2.24) is 4.31 Å². The van der Waals surface area contributed by atoms with Crippen LogP contribution in [-0.4, -0.2) is 23.3 Å². The molecular formula is C9H14F3NS. The maximum absolute atomic E-state index is 11.8. The molecule has 0 aromatic carbocycles. The number of hydrogen-bond acceptors (Lipinski definition) is 2. The second-order valence-corrected chi connectivity index (χ2v) is 3.95. The predicted octanol–water partition coefficient (Wildman–Crippen LogP) is 3.61. The normalized spacial score (nSPS) is 12.8. The maximum Gasteiger partial charge on any atom is 0.389 e. The fraction of sp³-hybridized carbons (Fsp3) is 0.556. The van der Waals surface area contributed by atoms with Crippen molar-refractivity contribution >= 4 is 11.9 Å². The number of rotatable bonds is 5. The van der Waals surface area contributed by atoms with Gasteiger partial charge in [-0.2, -0.15) is 13.2 Å². The minimum Gasteiger partial charge on any atom is -0.323 e. The summed E-state index contributed by atoms with van der Waals surface area (Å²) in [4.78, 5) is 0. The molecule has 0 saturated heterocycles. The Bertz CT molecular complexity index is 211. The van der Waals surface area contributed by atoms with Gasteiger partial charge in [0.1, 0.15) is 0 Å². The van der Waals surface area contributed by atoms with Gasteiger partial charge in [0, 0.05) is 18.5 Å². The zero-order chi connectivity index (χ0) is 11.2. The summed E-state index contributed by atoms with van der Waals surface area (Å²) in [7, 11) is 1.73. The van der Waals surface area contributed by atoms with Gasteiger partial charge in [-0.25, -0.2) is 0 Å². The topological polar surface area (TPSA) is 3.24 Å². The average Bonchev–Trinajstić information content (AvgIpc) is 2.02. The molecule has 0 fully saturated rings. The molecule has 0 saturated carbocycles. The molecule has 0 aliphatic heterocycles. The average molecular weight is 225 g/mol. The first-order valence-corrected chi connectivity index (χ1v) is 5.04. The highest BCUT2D eigenvalue weighted by atomic mass is 32.2. The fourth-order valence-electron chi connectivity index (χ4n) is 0.676. The quantitative estimate of drug-likeness (QED) is 0.519. The molecule has 0 aromatic heterocycles. The molecule has 0 spiro atoms. The minimum absolute atomic E-state index is 0.0440. The van der Waals surface area contributed by atoms with Crippen LogP contribution in [0.2, 0.25) is 0 Å². The Morgan fingerprint density at radius 1 is 1.50 bits per heavy atom. The molecule has 0 aromatic rings. The van der Waals surface area contributed by atoms with E-state index in [0.29, 0.717) is 0 Å². The van der Waals surface area contributed by atoms with Gasteiger partial charge in [-0.3, -0.25) is 0 Å². The summed E-state index contributed by atoms with van der Waals surface area (Å²) in [6.07, 6.45) is -1.47. The highest BCUT2D eigenvalue weighted by Crippen LogP contribution is 2.24. The predicted molar refractivity (Wildman–Crippen MR) is 54.8 cm³/mol. The smallest absolute Gasteiger partial charge is 0.323 e. The maximum atomic E-state index is 11.8. The van der Waals surface area contributed by atoms with Gasteiger partial charge >= 0.3 is 6.18 Å². The van der Waals surface area contributed by atoms with Crippen molar-refractivity contribution in [3.8, 4) is 0 Å². The highest BCUT2D eigenvalue weighted by Gasteiger charge is 2.26. The van der Waals surface area contributed by atoms with Gasteiger partial charge in [0.2, 0.25) is 0 Å². The van der Waals surface area contributed by atoms with Crippen LogP contribution in [0, 0.1) is 0 Å². The van der Waals surface area contributed by atoms with Gasteiger partial charge in [0.15, 0.2) is 0 Å². The standard InChI is InChI=1S/C9H14F3NS/c1-4-5-8(2)13(3)14-7-6-9(10,11)12/h4-5H,1,6-7H2,2-3H3/b8-5-. The molecule has 14 heavy (non-hydrogen) atoms. The van der Waals surface area contributed by atoms with Crippen molar-refractivity contribution in [2.24, 2.45) is 0 Å². The van der Waals surface area contributed by atoms with Crippen molar-refractivity contribution in [3.63, 3.8) is 0 Å². The third-order valence-corrected chi connectivity index (χ3v) is 2.59. The van der Waals surface area contributed by atoms with Crippen molar-refractivity contribution < 1.29 is 13.2 Å². The van der Waals surface area contributed by atoms with Crippen LogP contribution in [-0.2, 0) is 0 Å². The zero-order valence-electron chi connectivity index (χ0n) is 8.27. The van der Waals surface area contributed by atoms with Crippen LogP contribution >= 0.6 is 11.9 Å². The largest absolute Gasteiger partial charge is 0.389 e. The summed E-state index contributed by atoms with van der Waals surface area (Å²) in [5.41, 5.74) is 0.882. The molecule has 0 rings (SSSR count). The Hall–Kier alpha value is -0.580. The summed E-state index contributed by atoms with van der Waals surface area (Å²) in [5, 5.41) is 0. The van der Waals surface area contributed by atoms with E-state index in [4.69, 9.17) is 0 Å². The number of nitrogens with zero attached hydrogens (tertiary/aromatic N) is 1. The zero-order valence-corrected chi connectivity index (χ0v) is 9.08. The molecule has 5 heteroatoms. The van der Waals surface area contributed by atoms with Crippen LogP contribution in [0.25, 0.3) is 0 Å². The molecular weight excluding hydrogens is 211 g/mol. The molecule has 0 aliphatic carbocycles. The molecule has 0 unspecified atom stereocenters. The molecule has 0 heterocycles. The van der Waals surface area contributed by atoms with Crippen molar-refractivity contribution in [2.45, 2.75) is 19.5 Å². The van der Waals surface area contributed by atoms with Crippen molar-refractivity contribution in [3.05, 3.63) is 24.4 Å². The Morgan fingerprint density at radius 3 is 2.50 bits per heavy atom. The fourth-order valence-corrected chi connectivity index (χ4v) is 1.54. The van der Waals surface area contributed by atoms with Gasteiger partial charge in [0.05, 0.1) is 6.42 Å². The first-order chi connectivity index (χ1) is 6.37. The molecule has 1 nitrogen and oxygen atoms in total. The first kappa shape index (κ1) is 13.4. The van der Waals surface area contributed by atoms with E-state index in [2.05, 4.69) is 6.58 Å². The van der Waals surface area contributed by atoms with E-state index in [1.807, 2.05) is 6.92 Å². The Morgan fingerprint density at radius 2 is 2.07 bits per heavy atom. The van der Waals surface area contributed by atoms with Gasteiger partial charge < -0.3 is 4.31 Å².